The summed E-state index contributed by atoms with van der Waals surface area (Å²) in [6.07, 6.45) is 7.09. The van der Waals surface area contributed by atoms with Crippen LogP contribution in [-0.2, 0) is 0 Å². The van der Waals surface area contributed by atoms with E-state index < -0.39 is 0 Å². The quantitative estimate of drug-likeness (QED) is 0.193. The van der Waals surface area contributed by atoms with Crippen LogP contribution in [0.1, 0.15) is 39.5 Å². The number of piperazine rings is 1. The van der Waals surface area contributed by atoms with Crippen molar-refractivity contribution in [3.05, 3.63) is 0 Å². The van der Waals surface area contributed by atoms with Gasteiger partial charge in [0.05, 0.1) is 0 Å². The Bertz CT molecular complexity index is 323. The van der Waals surface area contributed by atoms with Crippen LogP contribution in [0.25, 0.3) is 0 Å². The van der Waals surface area contributed by atoms with Gasteiger partial charge in [0, 0.05) is 45.8 Å². The molecule has 1 aliphatic heterocycles. The van der Waals surface area contributed by atoms with Crippen molar-refractivity contribution in [2.45, 2.75) is 39.5 Å². The summed E-state index contributed by atoms with van der Waals surface area (Å²) in [6, 6.07) is 0. The van der Waals surface area contributed by atoms with Gasteiger partial charge >= 0.3 is 0 Å². The summed E-state index contributed by atoms with van der Waals surface area (Å²) in [5.41, 5.74) is 0. The van der Waals surface area contributed by atoms with Crippen molar-refractivity contribution < 1.29 is 0 Å². The number of aliphatic imine (C=N–C) groups is 1. The summed E-state index contributed by atoms with van der Waals surface area (Å²) in [5.74, 6) is 2.24. The lowest BCUT2D eigenvalue weighted by molar-refractivity contribution is 0.136. The Labute approximate surface area is 177 Å². The van der Waals surface area contributed by atoms with Crippen molar-refractivity contribution in [1.82, 2.24) is 20.4 Å². The van der Waals surface area contributed by atoms with E-state index in [1.165, 1.54) is 70.7 Å². The van der Waals surface area contributed by atoms with Gasteiger partial charge in [-0.25, -0.2) is 0 Å². The minimum atomic E-state index is 0. The summed E-state index contributed by atoms with van der Waals surface area (Å²) < 4.78 is 0. The van der Waals surface area contributed by atoms with E-state index >= 15 is 0 Å². The van der Waals surface area contributed by atoms with E-state index in [0.29, 0.717) is 0 Å². The fraction of sp³-hybridized carbons (Fsp3) is 0.944. The number of unbranched alkanes of at least 4 members (excludes halogenated alkanes) is 2. The maximum atomic E-state index is 4.70. The topological polar surface area (TPSA) is 42.9 Å². The van der Waals surface area contributed by atoms with Crippen molar-refractivity contribution in [3.63, 3.8) is 0 Å². The molecule has 0 aromatic carbocycles. The highest BCUT2D eigenvalue weighted by Gasteiger charge is 2.14. The van der Waals surface area contributed by atoms with E-state index in [9.17, 15) is 0 Å². The number of rotatable bonds is 12. The Morgan fingerprint density at radius 1 is 0.960 bits per heavy atom. The molecule has 1 saturated heterocycles. The fourth-order valence-electron chi connectivity index (χ4n) is 2.89. The average Bonchev–Trinajstić information content (AvgIpc) is 2.61. The maximum Gasteiger partial charge on any atom is 0.191 e. The van der Waals surface area contributed by atoms with Crippen LogP contribution in [0.4, 0.5) is 0 Å². The zero-order valence-corrected chi connectivity index (χ0v) is 19.7. The molecule has 0 saturated carbocycles. The molecule has 1 fully saturated rings. The van der Waals surface area contributed by atoms with Crippen LogP contribution in [0.3, 0.4) is 0 Å². The van der Waals surface area contributed by atoms with Crippen molar-refractivity contribution in [3.8, 4) is 0 Å². The second-order valence-corrected chi connectivity index (χ2v) is 7.36. The third-order valence-electron chi connectivity index (χ3n) is 4.48. The first-order chi connectivity index (χ1) is 11.8. The van der Waals surface area contributed by atoms with Crippen LogP contribution in [0.15, 0.2) is 4.99 Å². The van der Waals surface area contributed by atoms with Crippen LogP contribution in [0.5, 0.6) is 0 Å². The largest absolute Gasteiger partial charge is 0.357 e. The minimum absolute atomic E-state index is 0. The number of hydrogen-bond donors (Lipinski definition) is 2. The summed E-state index contributed by atoms with van der Waals surface area (Å²) in [5, 5.41) is 6.79. The standard InChI is InChI=1S/C18H39N5S.HI/c1-4-19-18(21-11-7-9-17-24-3)20-10-6-8-12-23-15-13-22(5-2)14-16-23;/h4-17H2,1-3H3,(H2,19,20,21);1H. The Hall–Kier alpha value is 0.270. The molecule has 5 nitrogen and oxygen atoms in total. The second-order valence-electron chi connectivity index (χ2n) is 6.37. The Morgan fingerprint density at radius 2 is 1.68 bits per heavy atom. The minimum Gasteiger partial charge on any atom is -0.357 e. The van der Waals surface area contributed by atoms with Crippen molar-refractivity contribution in [2.24, 2.45) is 4.99 Å². The summed E-state index contributed by atoms with van der Waals surface area (Å²) >= 11 is 1.92. The fourth-order valence-corrected chi connectivity index (χ4v) is 3.38. The molecular weight excluding hydrogens is 445 g/mol. The third-order valence-corrected chi connectivity index (χ3v) is 5.17. The van der Waals surface area contributed by atoms with Gasteiger partial charge < -0.3 is 20.4 Å². The molecule has 0 amide bonds. The van der Waals surface area contributed by atoms with Gasteiger partial charge in [0.15, 0.2) is 5.96 Å². The van der Waals surface area contributed by atoms with Gasteiger partial charge in [0.1, 0.15) is 0 Å². The number of nitrogens with one attached hydrogen (secondary N) is 2. The molecular formula is C18H40IN5S. The lowest BCUT2D eigenvalue weighted by Crippen LogP contribution is -2.46. The smallest absolute Gasteiger partial charge is 0.191 e. The van der Waals surface area contributed by atoms with E-state index in [1.807, 2.05) is 11.8 Å². The average molecular weight is 486 g/mol. The van der Waals surface area contributed by atoms with Crippen LogP contribution in [-0.4, -0.2) is 86.7 Å². The molecule has 0 unspecified atom stereocenters. The summed E-state index contributed by atoms with van der Waals surface area (Å²) in [7, 11) is 0. The molecule has 0 atom stereocenters. The van der Waals surface area contributed by atoms with Crippen molar-refractivity contribution in [1.29, 1.82) is 0 Å². The highest BCUT2D eigenvalue weighted by Crippen LogP contribution is 2.03. The predicted octanol–water partition coefficient (Wildman–Crippen LogP) is 2.72. The zero-order chi connectivity index (χ0) is 17.5. The number of likely N-dealkylation sites (N-methyl/N-ethyl adjacent to an activating group) is 1. The van der Waals surface area contributed by atoms with Crippen LogP contribution in [0.2, 0.25) is 0 Å². The molecule has 0 radical (unpaired) electrons. The molecule has 0 bridgehead atoms. The molecule has 7 heteroatoms. The van der Waals surface area contributed by atoms with E-state index in [4.69, 9.17) is 4.99 Å². The van der Waals surface area contributed by atoms with Crippen LogP contribution >= 0.6 is 35.7 Å². The lowest BCUT2D eigenvalue weighted by atomic mass is 10.2. The van der Waals surface area contributed by atoms with E-state index in [2.05, 4.69) is 40.5 Å². The summed E-state index contributed by atoms with van der Waals surface area (Å²) in [4.78, 5) is 9.84. The first-order valence-corrected chi connectivity index (χ1v) is 11.1. The van der Waals surface area contributed by atoms with Gasteiger partial charge in [-0.3, -0.25) is 4.99 Å². The monoisotopic (exact) mass is 485 g/mol. The molecule has 1 rings (SSSR count). The maximum absolute atomic E-state index is 4.70. The summed E-state index contributed by atoms with van der Waals surface area (Å²) in [6.45, 7) is 14.6. The molecule has 25 heavy (non-hydrogen) atoms. The molecule has 0 aromatic rings. The first kappa shape index (κ1) is 25.3. The predicted molar refractivity (Wildman–Crippen MR) is 125 cm³/mol. The number of hydrogen-bond acceptors (Lipinski definition) is 4. The first-order valence-electron chi connectivity index (χ1n) is 9.76. The normalized spacial score (nSPS) is 16.5. The molecule has 1 aliphatic rings. The number of thioether (sulfide) groups is 1. The Morgan fingerprint density at radius 3 is 2.32 bits per heavy atom. The van der Waals surface area contributed by atoms with Gasteiger partial charge in [0.25, 0.3) is 0 Å². The van der Waals surface area contributed by atoms with E-state index in [-0.39, 0.29) is 24.0 Å². The highest BCUT2D eigenvalue weighted by molar-refractivity contribution is 14.0. The molecule has 1 heterocycles. The lowest BCUT2D eigenvalue weighted by Gasteiger charge is -2.33. The zero-order valence-electron chi connectivity index (χ0n) is 16.6. The third kappa shape index (κ3) is 13.1. The SMILES string of the molecule is CCNC(=NCCCCN1CCN(CC)CC1)NCCCCSC.I. The van der Waals surface area contributed by atoms with Gasteiger partial charge in [-0.15, -0.1) is 24.0 Å². The van der Waals surface area contributed by atoms with Crippen LogP contribution in [0, 0.1) is 0 Å². The molecule has 0 spiro atoms. The van der Waals surface area contributed by atoms with Gasteiger partial charge in [-0.1, -0.05) is 6.92 Å². The van der Waals surface area contributed by atoms with Crippen LogP contribution < -0.4 is 10.6 Å². The second kappa shape index (κ2) is 17.7. The van der Waals surface area contributed by atoms with Gasteiger partial charge in [-0.2, -0.15) is 11.8 Å². The number of guanidine groups is 1. The molecule has 150 valence electrons. The number of halogens is 1. The van der Waals surface area contributed by atoms with Crippen molar-refractivity contribution >= 4 is 41.7 Å². The Kier molecular flexibility index (Phi) is 17.9. The van der Waals surface area contributed by atoms with Crippen molar-refractivity contribution in [2.75, 3.05) is 70.9 Å². The number of nitrogens with zero attached hydrogens (tertiary/aromatic N) is 3. The molecule has 2 N–H and O–H groups in total. The van der Waals surface area contributed by atoms with Gasteiger partial charge in [0.2, 0.25) is 0 Å². The molecule has 0 aromatic heterocycles. The van der Waals surface area contributed by atoms with Gasteiger partial charge in [-0.05, 0) is 57.7 Å². The van der Waals surface area contributed by atoms with E-state index in [1.54, 1.807) is 0 Å². The molecule has 0 aliphatic carbocycles. The Balaban J connectivity index is 0.00000576. The van der Waals surface area contributed by atoms with E-state index in [0.717, 1.165) is 25.6 Å². The highest BCUT2D eigenvalue weighted by atomic mass is 127.